The van der Waals surface area contributed by atoms with Crippen LogP contribution >= 0.6 is 0 Å². The quantitative estimate of drug-likeness (QED) is 0.751. The van der Waals surface area contributed by atoms with Crippen molar-refractivity contribution in [2.24, 2.45) is 0 Å². The molecule has 0 saturated carbocycles. The van der Waals surface area contributed by atoms with Crippen LogP contribution in [0.25, 0.3) is 0 Å². The lowest BCUT2D eigenvalue weighted by Crippen LogP contribution is -2.35. The van der Waals surface area contributed by atoms with Gasteiger partial charge in [-0.25, -0.2) is 8.42 Å². The maximum Gasteiger partial charge on any atom is 0.416 e. The van der Waals surface area contributed by atoms with Gasteiger partial charge in [-0.3, -0.25) is 4.79 Å². The SMILES string of the molecule is CC(NC(=O)c1cccc(S(=O)(=O)N2CCCCC2)c1)c1ccc(C(F)(F)F)cc1. The summed E-state index contributed by atoms with van der Waals surface area (Å²) in [6, 6.07) is 9.79. The zero-order valence-electron chi connectivity index (χ0n) is 16.4. The normalized spacial score (nSPS) is 16.8. The maximum atomic E-state index is 12.8. The van der Waals surface area contributed by atoms with Crippen molar-refractivity contribution >= 4 is 15.9 Å². The summed E-state index contributed by atoms with van der Waals surface area (Å²) in [6.07, 6.45) is -1.81. The van der Waals surface area contributed by atoms with Crippen LogP contribution < -0.4 is 5.32 Å². The summed E-state index contributed by atoms with van der Waals surface area (Å²) in [5.41, 5.74) is -0.0827. The number of carbonyl (C=O) groups is 1. The molecule has 1 heterocycles. The average Bonchev–Trinajstić information content (AvgIpc) is 2.74. The van der Waals surface area contributed by atoms with E-state index in [2.05, 4.69) is 5.32 Å². The molecule has 2 aromatic rings. The number of hydrogen-bond acceptors (Lipinski definition) is 3. The van der Waals surface area contributed by atoms with Crippen molar-refractivity contribution in [2.45, 2.75) is 43.3 Å². The largest absolute Gasteiger partial charge is 0.416 e. The first kappa shape index (κ1) is 22.3. The van der Waals surface area contributed by atoms with Gasteiger partial charge >= 0.3 is 6.18 Å². The van der Waals surface area contributed by atoms with Crippen LogP contribution in [0.3, 0.4) is 0 Å². The molecule has 5 nitrogen and oxygen atoms in total. The number of nitrogens with one attached hydrogen (secondary N) is 1. The predicted molar refractivity (Wildman–Crippen MR) is 106 cm³/mol. The van der Waals surface area contributed by atoms with E-state index < -0.39 is 33.7 Å². The predicted octanol–water partition coefficient (Wildman–Crippen LogP) is 4.37. The van der Waals surface area contributed by atoms with Gasteiger partial charge in [0.25, 0.3) is 5.91 Å². The lowest BCUT2D eigenvalue weighted by Gasteiger charge is -2.26. The van der Waals surface area contributed by atoms with Crippen LogP contribution in [0, 0.1) is 0 Å². The van der Waals surface area contributed by atoms with Gasteiger partial charge in [-0.05, 0) is 55.7 Å². The molecular weight excluding hydrogens is 417 g/mol. The highest BCUT2D eigenvalue weighted by atomic mass is 32.2. The van der Waals surface area contributed by atoms with Gasteiger partial charge in [0.1, 0.15) is 0 Å². The van der Waals surface area contributed by atoms with E-state index in [1.165, 1.54) is 40.7 Å². The van der Waals surface area contributed by atoms with Gasteiger partial charge in [0.05, 0.1) is 16.5 Å². The Bertz CT molecular complexity index is 999. The second-order valence-electron chi connectivity index (χ2n) is 7.31. The summed E-state index contributed by atoms with van der Waals surface area (Å²) in [4.78, 5) is 12.7. The van der Waals surface area contributed by atoms with E-state index in [0.717, 1.165) is 31.4 Å². The van der Waals surface area contributed by atoms with E-state index in [1.54, 1.807) is 6.92 Å². The van der Waals surface area contributed by atoms with Crippen LogP contribution in [0.2, 0.25) is 0 Å². The molecule has 3 rings (SSSR count). The number of piperidine rings is 1. The Morgan fingerprint density at radius 3 is 2.27 bits per heavy atom. The number of carbonyl (C=O) groups excluding carboxylic acids is 1. The fourth-order valence-corrected chi connectivity index (χ4v) is 4.94. The number of nitrogens with zero attached hydrogens (tertiary/aromatic N) is 1. The lowest BCUT2D eigenvalue weighted by atomic mass is 10.1. The summed E-state index contributed by atoms with van der Waals surface area (Å²) < 4.78 is 65.2. The minimum absolute atomic E-state index is 0.0548. The maximum absolute atomic E-state index is 12.8. The van der Waals surface area contributed by atoms with Crippen LogP contribution in [-0.2, 0) is 16.2 Å². The number of hydrogen-bond donors (Lipinski definition) is 1. The molecule has 1 fully saturated rings. The Morgan fingerprint density at radius 1 is 1.03 bits per heavy atom. The third-order valence-electron chi connectivity index (χ3n) is 5.13. The molecule has 1 atom stereocenters. The smallest absolute Gasteiger partial charge is 0.346 e. The summed E-state index contributed by atoms with van der Waals surface area (Å²) in [5, 5.41) is 2.70. The van der Waals surface area contributed by atoms with E-state index in [4.69, 9.17) is 0 Å². The van der Waals surface area contributed by atoms with Crippen molar-refractivity contribution in [3.8, 4) is 0 Å². The van der Waals surface area contributed by atoms with Crippen molar-refractivity contribution in [3.05, 3.63) is 65.2 Å². The lowest BCUT2D eigenvalue weighted by molar-refractivity contribution is -0.137. The molecule has 30 heavy (non-hydrogen) atoms. The molecule has 1 unspecified atom stereocenters. The highest BCUT2D eigenvalue weighted by Crippen LogP contribution is 2.30. The molecule has 1 aliphatic heterocycles. The molecule has 1 saturated heterocycles. The molecule has 0 spiro atoms. The van der Waals surface area contributed by atoms with Crippen molar-refractivity contribution in [1.82, 2.24) is 9.62 Å². The zero-order valence-corrected chi connectivity index (χ0v) is 17.3. The van der Waals surface area contributed by atoms with Gasteiger partial charge in [0, 0.05) is 18.7 Å². The Balaban J connectivity index is 1.73. The first-order valence-corrected chi connectivity index (χ1v) is 11.1. The van der Waals surface area contributed by atoms with Crippen LogP contribution in [-0.4, -0.2) is 31.7 Å². The number of benzene rings is 2. The van der Waals surface area contributed by atoms with Gasteiger partial charge in [-0.1, -0.05) is 24.6 Å². The van der Waals surface area contributed by atoms with Gasteiger partial charge in [-0.15, -0.1) is 0 Å². The molecule has 162 valence electrons. The highest BCUT2D eigenvalue weighted by Gasteiger charge is 2.30. The highest BCUT2D eigenvalue weighted by molar-refractivity contribution is 7.89. The molecular formula is C21H23F3N2O3S. The third-order valence-corrected chi connectivity index (χ3v) is 7.03. The summed E-state index contributed by atoms with van der Waals surface area (Å²) >= 11 is 0. The van der Waals surface area contributed by atoms with Gasteiger partial charge in [-0.2, -0.15) is 17.5 Å². The second kappa shape index (κ2) is 8.77. The van der Waals surface area contributed by atoms with Crippen LogP contribution in [0.15, 0.2) is 53.4 Å². The first-order valence-electron chi connectivity index (χ1n) is 9.67. The molecule has 9 heteroatoms. The van der Waals surface area contributed by atoms with Crippen molar-refractivity contribution < 1.29 is 26.4 Å². The Kier molecular flexibility index (Phi) is 6.52. The summed E-state index contributed by atoms with van der Waals surface area (Å²) in [5.74, 6) is -0.502. The zero-order chi connectivity index (χ0) is 21.9. The number of sulfonamides is 1. The van der Waals surface area contributed by atoms with Crippen LogP contribution in [0.4, 0.5) is 13.2 Å². The molecule has 0 radical (unpaired) electrons. The molecule has 1 amide bonds. The number of rotatable bonds is 5. The fraction of sp³-hybridized carbons (Fsp3) is 0.381. The monoisotopic (exact) mass is 440 g/mol. The van der Waals surface area contributed by atoms with E-state index in [9.17, 15) is 26.4 Å². The second-order valence-corrected chi connectivity index (χ2v) is 9.25. The van der Waals surface area contributed by atoms with E-state index in [-0.39, 0.29) is 10.5 Å². The molecule has 2 aromatic carbocycles. The first-order chi connectivity index (χ1) is 14.1. The Morgan fingerprint density at radius 2 is 1.67 bits per heavy atom. The van der Waals surface area contributed by atoms with Crippen molar-refractivity contribution in [3.63, 3.8) is 0 Å². The minimum Gasteiger partial charge on any atom is -0.346 e. The van der Waals surface area contributed by atoms with Crippen LogP contribution in [0.1, 0.15) is 53.7 Å². The van der Waals surface area contributed by atoms with E-state index >= 15 is 0 Å². The number of amides is 1. The molecule has 1 N–H and O–H groups in total. The van der Waals surface area contributed by atoms with Crippen LogP contribution in [0.5, 0.6) is 0 Å². The molecule has 0 aromatic heterocycles. The standard InChI is InChI=1S/C21H23F3N2O3S/c1-15(16-8-10-18(11-9-16)21(22,23)24)25-20(27)17-6-5-7-19(14-17)30(28,29)26-12-3-2-4-13-26/h5-11,14-15H,2-4,12-13H2,1H3,(H,25,27). The molecule has 1 aliphatic rings. The number of halogens is 3. The topological polar surface area (TPSA) is 66.5 Å². The van der Waals surface area contributed by atoms with Gasteiger partial charge in [0.2, 0.25) is 10.0 Å². The summed E-state index contributed by atoms with van der Waals surface area (Å²) in [6.45, 7) is 2.57. The third kappa shape index (κ3) is 5.02. The van der Waals surface area contributed by atoms with Crippen molar-refractivity contribution in [2.75, 3.05) is 13.1 Å². The number of alkyl halides is 3. The van der Waals surface area contributed by atoms with E-state index in [1.807, 2.05) is 0 Å². The Hall–Kier alpha value is -2.39. The van der Waals surface area contributed by atoms with Gasteiger partial charge in [0.15, 0.2) is 0 Å². The average molecular weight is 440 g/mol. The molecule has 0 bridgehead atoms. The van der Waals surface area contributed by atoms with E-state index in [0.29, 0.717) is 18.7 Å². The Labute approximate surface area is 173 Å². The summed E-state index contributed by atoms with van der Waals surface area (Å²) in [7, 11) is -3.67. The van der Waals surface area contributed by atoms with Crippen molar-refractivity contribution in [1.29, 1.82) is 0 Å². The minimum atomic E-state index is -4.43. The van der Waals surface area contributed by atoms with Gasteiger partial charge < -0.3 is 5.32 Å². The fourth-order valence-electron chi connectivity index (χ4n) is 3.38. The molecule has 0 aliphatic carbocycles.